The molecule has 1 aromatic heterocycles. The SMILES string of the molecule is O=C(O)C(Cc1ccccc1)N[C@@H](Cc1cnc[nH]1)C(=O)O. The predicted molar refractivity (Wildman–Crippen MR) is 78.4 cm³/mol. The van der Waals surface area contributed by atoms with Crippen molar-refractivity contribution in [3.63, 3.8) is 0 Å². The first-order valence-electron chi connectivity index (χ1n) is 6.79. The minimum atomic E-state index is -1.10. The molecule has 0 saturated heterocycles. The van der Waals surface area contributed by atoms with Crippen LogP contribution in [0.4, 0.5) is 0 Å². The Morgan fingerprint density at radius 1 is 1.09 bits per heavy atom. The van der Waals surface area contributed by atoms with E-state index in [2.05, 4.69) is 15.3 Å². The molecule has 0 aliphatic heterocycles. The van der Waals surface area contributed by atoms with E-state index in [0.717, 1.165) is 5.56 Å². The summed E-state index contributed by atoms with van der Waals surface area (Å²) in [6.45, 7) is 0. The van der Waals surface area contributed by atoms with Crippen molar-refractivity contribution in [2.24, 2.45) is 0 Å². The van der Waals surface area contributed by atoms with Gasteiger partial charge in [0.05, 0.1) is 6.33 Å². The van der Waals surface area contributed by atoms with E-state index in [4.69, 9.17) is 0 Å². The number of carboxylic acids is 2. The van der Waals surface area contributed by atoms with Gasteiger partial charge in [-0.1, -0.05) is 30.3 Å². The zero-order valence-electron chi connectivity index (χ0n) is 11.8. The number of benzene rings is 1. The topological polar surface area (TPSA) is 115 Å². The number of hydrogen-bond acceptors (Lipinski definition) is 4. The van der Waals surface area contributed by atoms with E-state index < -0.39 is 24.0 Å². The molecule has 0 amide bonds. The van der Waals surface area contributed by atoms with Crippen LogP contribution in [0.5, 0.6) is 0 Å². The van der Waals surface area contributed by atoms with Crippen LogP contribution in [0.15, 0.2) is 42.9 Å². The minimum absolute atomic E-state index is 0.133. The van der Waals surface area contributed by atoms with Crippen LogP contribution in [0.2, 0.25) is 0 Å². The number of hydrogen-bond donors (Lipinski definition) is 4. The van der Waals surface area contributed by atoms with Gasteiger partial charge in [-0.2, -0.15) is 0 Å². The highest BCUT2D eigenvalue weighted by molar-refractivity contribution is 5.78. The number of carboxylic acid groups (broad SMARTS) is 2. The van der Waals surface area contributed by atoms with Gasteiger partial charge in [0.2, 0.25) is 0 Å². The molecule has 116 valence electrons. The molecule has 1 unspecified atom stereocenters. The normalized spacial score (nSPS) is 13.5. The van der Waals surface area contributed by atoms with Crippen LogP contribution in [-0.2, 0) is 22.4 Å². The van der Waals surface area contributed by atoms with E-state index in [1.807, 2.05) is 30.3 Å². The first-order chi connectivity index (χ1) is 10.6. The van der Waals surface area contributed by atoms with Gasteiger partial charge in [0.15, 0.2) is 0 Å². The fourth-order valence-corrected chi connectivity index (χ4v) is 2.14. The van der Waals surface area contributed by atoms with Crippen LogP contribution in [0.25, 0.3) is 0 Å². The Morgan fingerprint density at radius 2 is 1.73 bits per heavy atom. The monoisotopic (exact) mass is 303 g/mol. The van der Waals surface area contributed by atoms with Gasteiger partial charge in [0.1, 0.15) is 12.1 Å². The third-order valence-corrected chi connectivity index (χ3v) is 3.26. The summed E-state index contributed by atoms with van der Waals surface area (Å²) in [4.78, 5) is 29.4. The molecule has 0 aliphatic carbocycles. The van der Waals surface area contributed by atoms with E-state index in [0.29, 0.717) is 5.69 Å². The van der Waals surface area contributed by atoms with E-state index in [1.165, 1.54) is 12.5 Å². The Hall–Kier alpha value is -2.67. The Morgan fingerprint density at radius 3 is 2.27 bits per heavy atom. The van der Waals surface area contributed by atoms with Crippen molar-refractivity contribution in [3.05, 3.63) is 54.1 Å². The second-order valence-electron chi connectivity index (χ2n) is 4.92. The number of aromatic nitrogens is 2. The molecule has 0 fully saturated rings. The lowest BCUT2D eigenvalue weighted by atomic mass is 10.0. The van der Waals surface area contributed by atoms with Gasteiger partial charge in [-0.3, -0.25) is 14.9 Å². The number of carbonyl (C=O) groups is 2. The van der Waals surface area contributed by atoms with Gasteiger partial charge >= 0.3 is 11.9 Å². The number of H-pyrrole nitrogens is 1. The molecule has 2 atom stereocenters. The van der Waals surface area contributed by atoms with Crippen LogP contribution < -0.4 is 5.32 Å². The quantitative estimate of drug-likeness (QED) is 0.570. The highest BCUT2D eigenvalue weighted by Crippen LogP contribution is 2.06. The molecule has 0 radical (unpaired) electrons. The van der Waals surface area contributed by atoms with E-state index in [-0.39, 0.29) is 12.8 Å². The average molecular weight is 303 g/mol. The molecule has 1 aromatic carbocycles. The van der Waals surface area contributed by atoms with Crippen LogP contribution in [-0.4, -0.2) is 44.2 Å². The van der Waals surface area contributed by atoms with Crippen LogP contribution in [0.1, 0.15) is 11.3 Å². The third kappa shape index (κ3) is 4.42. The molecule has 0 spiro atoms. The number of imidazole rings is 1. The number of aromatic amines is 1. The first kappa shape index (κ1) is 15.7. The smallest absolute Gasteiger partial charge is 0.321 e. The number of rotatable bonds is 8. The highest BCUT2D eigenvalue weighted by Gasteiger charge is 2.26. The van der Waals surface area contributed by atoms with Gasteiger partial charge < -0.3 is 15.2 Å². The second kappa shape index (κ2) is 7.37. The summed E-state index contributed by atoms with van der Waals surface area (Å²) in [5.74, 6) is -2.19. The second-order valence-corrected chi connectivity index (χ2v) is 4.92. The van der Waals surface area contributed by atoms with Crippen molar-refractivity contribution in [2.75, 3.05) is 0 Å². The third-order valence-electron chi connectivity index (χ3n) is 3.26. The maximum Gasteiger partial charge on any atom is 0.321 e. The van der Waals surface area contributed by atoms with Crippen molar-refractivity contribution in [1.82, 2.24) is 15.3 Å². The van der Waals surface area contributed by atoms with Crippen LogP contribution in [0, 0.1) is 0 Å². The molecule has 7 heteroatoms. The van der Waals surface area contributed by atoms with E-state index in [9.17, 15) is 19.8 Å². The highest BCUT2D eigenvalue weighted by atomic mass is 16.4. The van der Waals surface area contributed by atoms with Gasteiger partial charge in [0, 0.05) is 18.3 Å². The maximum absolute atomic E-state index is 11.4. The molecule has 0 saturated carbocycles. The Labute approximate surface area is 127 Å². The average Bonchev–Trinajstić information content (AvgIpc) is 2.99. The molecule has 2 aromatic rings. The van der Waals surface area contributed by atoms with Crippen molar-refractivity contribution in [3.8, 4) is 0 Å². The van der Waals surface area contributed by atoms with Crippen LogP contribution >= 0.6 is 0 Å². The van der Waals surface area contributed by atoms with E-state index in [1.54, 1.807) is 0 Å². The molecule has 2 rings (SSSR count). The van der Waals surface area contributed by atoms with E-state index >= 15 is 0 Å². The van der Waals surface area contributed by atoms with Crippen molar-refractivity contribution >= 4 is 11.9 Å². The lowest BCUT2D eigenvalue weighted by molar-refractivity contribution is -0.142. The molecule has 1 heterocycles. The number of nitrogens with one attached hydrogen (secondary N) is 2. The molecule has 22 heavy (non-hydrogen) atoms. The molecule has 7 nitrogen and oxygen atoms in total. The van der Waals surface area contributed by atoms with Gasteiger partial charge in [-0.05, 0) is 12.0 Å². The fourth-order valence-electron chi connectivity index (χ4n) is 2.14. The standard InChI is InChI=1S/C15H17N3O4/c19-14(20)12(6-10-4-2-1-3-5-10)18-13(15(21)22)7-11-8-16-9-17-11/h1-5,8-9,12-13,18H,6-7H2,(H,16,17)(H,19,20)(H,21,22)/t12?,13-/m0/s1. The molecule has 4 N–H and O–H groups in total. The summed E-state index contributed by atoms with van der Waals surface area (Å²) in [5, 5.41) is 21.3. The largest absolute Gasteiger partial charge is 0.480 e. The predicted octanol–water partition coefficient (Wildman–Crippen LogP) is 0.691. The van der Waals surface area contributed by atoms with Gasteiger partial charge in [0.25, 0.3) is 0 Å². The lowest BCUT2D eigenvalue weighted by Crippen LogP contribution is -2.49. The summed E-state index contributed by atoms with van der Waals surface area (Å²) in [6.07, 6.45) is 3.31. The first-order valence-corrected chi connectivity index (χ1v) is 6.79. The number of aliphatic carboxylic acids is 2. The molecular weight excluding hydrogens is 286 g/mol. The van der Waals surface area contributed by atoms with Crippen molar-refractivity contribution in [1.29, 1.82) is 0 Å². The Kier molecular flexibility index (Phi) is 5.26. The number of nitrogens with zero attached hydrogens (tertiary/aromatic N) is 1. The summed E-state index contributed by atoms with van der Waals surface area (Å²) in [6, 6.07) is 7.09. The zero-order chi connectivity index (χ0) is 15.9. The summed E-state index contributed by atoms with van der Waals surface area (Å²) in [5.41, 5.74) is 1.46. The molecular formula is C15H17N3O4. The lowest BCUT2D eigenvalue weighted by Gasteiger charge is -2.20. The van der Waals surface area contributed by atoms with Crippen molar-refractivity contribution < 1.29 is 19.8 Å². The van der Waals surface area contributed by atoms with Crippen LogP contribution in [0.3, 0.4) is 0 Å². The fraction of sp³-hybridized carbons (Fsp3) is 0.267. The summed E-state index contributed by atoms with van der Waals surface area (Å²) in [7, 11) is 0. The van der Waals surface area contributed by atoms with Crippen molar-refractivity contribution in [2.45, 2.75) is 24.9 Å². The zero-order valence-corrected chi connectivity index (χ0v) is 11.8. The molecule has 0 aliphatic rings. The minimum Gasteiger partial charge on any atom is -0.480 e. The van der Waals surface area contributed by atoms with Gasteiger partial charge in [-0.25, -0.2) is 4.98 Å². The Balaban J connectivity index is 2.07. The summed E-state index contributed by atoms with van der Waals surface area (Å²) >= 11 is 0. The maximum atomic E-state index is 11.4. The van der Waals surface area contributed by atoms with Gasteiger partial charge in [-0.15, -0.1) is 0 Å². The molecule has 0 bridgehead atoms. The Bertz CT molecular complexity index is 613. The summed E-state index contributed by atoms with van der Waals surface area (Å²) < 4.78 is 0.